The molecule has 0 radical (unpaired) electrons. The van der Waals surface area contributed by atoms with Crippen LogP contribution in [0.1, 0.15) is 17.3 Å². The largest absolute Gasteiger partial charge is 0.495 e. The van der Waals surface area contributed by atoms with Crippen molar-refractivity contribution in [3.05, 3.63) is 53.1 Å². The smallest absolute Gasteiger partial charge is 0.250 e. The van der Waals surface area contributed by atoms with E-state index in [9.17, 15) is 9.59 Å². The monoisotopic (exact) mass is 347 g/mol. The van der Waals surface area contributed by atoms with Gasteiger partial charge < -0.3 is 21.1 Å². The van der Waals surface area contributed by atoms with Gasteiger partial charge in [-0.25, -0.2) is 0 Å². The Morgan fingerprint density at radius 3 is 2.58 bits per heavy atom. The molecule has 0 aliphatic carbocycles. The van der Waals surface area contributed by atoms with Crippen molar-refractivity contribution in [2.75, 3.05) is 17.7 Å². The Kier molecular flexibility index (Phi) is 5.65. The molecule has 0 fully saturated rings. The van der Waals surface area contributed by atoms with E-state index >= 15 is 0 Å². The number of anilines is 2. The van der Waals surface area contributed by atoms with Crippen LogP contribution in [0, 0.1) is 0 Å². The molecule has 0 bridgehead atoms. The molecule has 7 heteroatoms. The molecule has 24 heavy (non-hydrogen) atoms. The van der Waals surface area contributed by atoms with E-state index in [-0.39, 0.29) is 16.5 Å². The lowest BCUT2D eigenvalue weighted by atomic mass is 10.1. The van der Waals surface area contributed by atoms with Crippen molar-refractivity contribution in [1.82, 2.24) is 0 Å². The molecule has 0 aromatic heterocycles. The van der Waals surface area contributed by atoms with Gasteiger partial charge in [-0.3, -0.25) is 9.59 Å². The Bertz CT molecular complexity index is 764. The lowest BCUT2D eigenvalue weighted by Crippen LogP contribution is -2.32. The molecule has 2 rings (SSSR count). The molecule has 0 aliphatic heterocycles. The molecule has 0 aliphatic rings. The Balaban J connectivity index is 2.09. The number of rotatable bonds is 6. The summed E-state index contributed by atoms with van der Waals surface area (Å²) in [5.74, 6) is -0.314. The van der Waals surface area contributed by atoms with Crippen molar-refractivity contribution < 1.29 is 14.3 Å². The zero-order valence-electron chi connectivity index (χ0n) is 13.3. The lowest BCUT2D eigenvalue weighted by Gasteiger charge is -2.17. The molecule has 2 aromatic carbocycles. The van der Waals surface area contributed by atoms with Gasteiger partial charge in [-0.1, -0.05) is 23.7 Å². The van der Waals surface area contributed by atoms with Gasteiger partial charge in [0.25, 0.3) is 0 Å². The SMILES string of the molecule is COc1ccccc1NC(=O)[C@H](C)Nc1ccc(Cl)c(C(N)=O)c1. The summed E-state index contributed by atoms with van der Waals surface area (Å²) >= 11 is 5.91. The second kappa shape index (κ2) is 7.70. The van der Waals surface area contributed by atoms with Crippen molar-refractivity contribution in [2.45, 2.75) is 13.0 Å². The molecule has 2 aromatic rings. The van der Waals surface area contributed by atoms with Crippen molar-refractivity contribution in [3.63, 3.8) is 0 Å². The number of nitrogens with one attached hydrogen (secondary N) is 2. The summed E-state index contributed by atoms with van der Waals surface area (Å²) in [5, 5.41) is 6.05. The summed E-state index contributed by atoms with van der Waals surface area (Å²) in [6.07, 6.45) is 0. The first-order valence-electron chi connectivity index (χ1n) is 7.22. The van der Waals surface area contributed by atoms with Crippen LogP contribution < -0.4 is 21.1 Å². The van der Waals surface area contributed by atoms with Crippen LogP contribution in [0.15, 0.2) is 42.5 Å². The number of hydrogen-bond acceptors (Lipinski definition) is 4. The highest BCUT2D eigenvalue weighted by molar-refractivity contribution is 6.33. The van der Waals surface area contributed by atoms with E-state index in [1.165, 1.54) is 13.2 Å². The normalized spacial score (nSPS) is 11.5. The van der Waals surface area contributed by atoms with Gasteiger partial charge in [0.1, 0.15) is 11.8 Å². The second-order valence-corrected chi connectivity index (χ2v) is 5.52. The zero-order chi connectivity index (χ0) is 17.7. The first-order valence-corrected chi connectivity index (χ1v) is 7.60. The first-order chi connectivity index (χ1) is 11.4. The van der Waals surface area contributed by atoms with Crippen LogP contribution in [0.3, 0.4) is 0 Å². The highest BCUT2D eigenvalue weighted by Crippen LogP contribution is 2.24. The first kappa shape index (κ1) is 17.6. The summed E-state index contributed by atoms with van der Waals surface area (Å²) in [7, 11) is 1.53. The van der Waals surface area contributed by atoms with Gasteiger partial charge in [-0.2, -0.15) is 0 Å². The van der Waals surface area contributed by atoms with Gasteiger partial charge in [-0.05, 0) is 37.3 Å². The molecule has 0 unspecified atom stereocenters. The summed E-state index contributed by atoms with van der Waals surface area (Å²) in [6.45, 7) is 1.70. The maximum Gasteiger partial charge on any atom is 0.250 e. The third-order valence-corrected chi connectivity index (χ3v) is 3.70. The number of halogens is 1. The average Bonchev–Trinajstić information content (AvgIpc) is 2.56. The fourth-order valence-electron chi connectivity index (χ4n) is 2.11. The molecule has 0 heterocycles. The van der Waals surface area contributed by atoms with Crippen LogP contribution in [0.4, 0.5) is 11.4 Å². The van der Waals surface area contributed by atoms with E-state index in [2.05, 4.69) is 10.6 Å². The minimum atomic E-state index is -0.630. The maximum absolute atomic E-state index is 12.3. The van der Waals surface area contributed by atoms with Crippen molar-refractivity contribution >= 4 is 34.8 Å². The standard InChI is InChI=1S/C17H18ClN3O3/c1-10(17(23)21-14-5-3-4-6-15(14)24-2)20-11-7-8-13(18)12(9-11)16(19)22/h3-10,20H,1-2H3,(H2,19,22)(H,21,23)/t10-/m0/s1. The van der Waals surface area contributed by atoms with Gasteiger partial charge in [0, 0.05) is 5.69 Å². The number of carbonyl (C=O) groups excluding carboxylic acids is 2. The van der Waals surface area contributed by atoms with Gasteiger partial charge in [-0.15, -0.1) is 0 Å². The molecule has 0 spiro atoms. The van der Waals surface area contributed by atoms with Gasteiger partial charge in [0.05, 0.1) is 23.4 Å². The number of carbonyl (C=O) groups is 2. The molecule has 1 atom stereocenters. The summed E-state index contributed by atoms with van der Waals surface area (Å²) < 4.78 is 5.20. The van der Waals surface area contributed by atoms with E-state index in [1.807, 2.05) is 6.07 Å². The number of nitrogens with two attached hydrogens (primary N) is 1. The van der Waals surface area contributed by atoms with Crippen LogP contribution in [-0.4, -0.2) is 25.0 Å². The third-order valence-electron chi connectivity index (χ3n) is 3.37. The molecular weight excluding hydrogens is 330 g/mol. The number of para-hydroxylation sites is 2. The maximum atomic E-state index is 12.3. The number of benzene rings is 2. The van der Waals surface area contributed by atoms with E-state index < -0.39 is 11.9 Å². The molecule has 0 saturated heterocycles. The second-order valence-electron chi connectivity index (χ2n) is 5.11. The summed E-state index contributed by atoms with van der Waals surface area (Å²) in [4.78, 5) is 23.6. The van der Waals surface area contributed by atoms with E-state index in [0.29, 0.717) is 17.1 Å². The van der Waals surface area contributed by atoms with Crippen LogP contribution in [-0.2, 0) is 4.79 Å². The lowest BCUT2D eigenvalue weighted by molar-refractivity contribution is -0.116. The Hall–Kier alpha value is -2.73. The highest BCUT2D eigenvalue weighted by atomic mass is 35.5. The van der Waals surface area contributed by atoms with Crippen molar-refractivity contribution in [3.8, 4) is 5.75 Å². The Morgan fingerprint density at radius 1 is 1.21 bits per heavy atom. The summed E-state index contributed by atoms with van der Waals surface area (Å²) in [5.41, 5.74) is 6.60. The number of amides is 2. The molecule has 0 saturated carbocycles. The highest BCUT2D eigenvalue weighted by Gasteiger charge is 2.16. The molecule has 6 nitrogen and oxygen atoms in total. The molecule has 2 amide bonds. The van der Waals surface area contributed by atoms with Crippen LogP contribution >= 0.6 is 11.6 Å². The van der Waals surface area contributed by atoms with Crippen LogP contribution in [0.25, 0.3) is 0 Å². The Morgan fingerprint density at radius 2 is 1.92 bits per heavy atom. The van der Waals surface area contributed by atoms with Gasteiger partial charge in [0.2, 0.25) is 11.8 Å². The minimum absolute atomic E-state index is 0.194. The third kappa shape index (κ3) is 4.17. The van der Waals surface area contributed by atoms with Gasteiger partial charge in [0.15, 0.2) is 0 Å². The summed E-state index contributed by atoms with van der Waals surface area (Å²) in [6, 6.07) is 11.3. The predicted molar refractivity (Wildman–Crippen MR) is 94.7 cm³/mol. The van der Waals surface area contributed by atoms with Crippen LogP contribution in [0.5, 0.6) is 5.75 Å². The van der Waals surface area contributed by atoms with E-state index in [1.54, 1.807) is 37.3 Å². The van der Waals surface area contributed by atoms with E-state index in [0.717, 1.165) is 0 Å². The van der Waals surface area contributed by atoms with Crippen LogP contribution in [0.2, 0.25) is 5.02 Å². The number of ether oxygens (including phenoxy) is 1. The molecule has 126 valence electrons. The van der Waals surface area contributed by atoms with Crippen molar-refractivity contribution in [2.24, 2.45) is 5.73 Å². The number of hydrogen-bond donors (Lipinski definition) is 3. The number of primary amides is 1. The minimum Gasteiger partial charge on any atom is -0.495 e. The quantitative estimate of drug-likeness (QED) is 0.749. The van der Waals surface area contributed by atoms with Crippen molar-refractivity contribution in [1.29, 1.82) is 0 Å². The predicted octanol–water partition coefficient (Wildman–Crippen LogP) is 2.89. The van der Waals surface area contributed by atoms with Gasteiger partial charge >= 0.3 is 0 Å². The fourth-order valence-corrected chi connectivity index (χ4v) is 2.32. The topological polar surface area (TPSA) is 93.4 Å². The average molecular weight is 348 g/mol. The number of methoxy groups -OCH3 is 1. The molecule has 4 N–H and O–H groups in total. The fraction of sp³-hybridized carbons (Fsp3) is 0.176. The molecular formula is C17H18ClN3O3. The Labute approximate surface area is 144 Å². The van der Waals surface area contributed by atoms with E-state index in [4.69, 9.17) is 22.1 Å². The zero-order valence-corrected chi connectivity index (χ0v) is 14.1.